The van der Waals surface area contributed by atoms with Gasteiger partial charge in [0.2, 0.25) is 0 Å². The van der Waals surface area contributed by atoms with Gasteiger partial charge in [0.05, 0.1) is 39.0 Å². The summed E-state index contributed by atoms with van der Waals surface area (Å²) in [5.41, 5.74) is 0.331. The quantitative estimate of drug-likeness (QED) is 0.246. The highest BCUT2D eigenvalue weighted by atomic mass is 16.5. The molecule has 0 bridgehead atoms. The molecular formula is C35H59N2O4+. The predicted molar refractivity (Wildman–Crippen MR) is 162 cm³/mol. The molecule has 6 rings (SSSR count). The van der Waals surface area contributed by atoms with E-state index >= 15 is 0 Å². The number of morpholine rings is 1. The lowest BCUT2D eigenvalue weighted by Crippen LogP contribution is -2.63. The van der Waals surface area contributed by atoms with E-state index in [-0.39, 0.29) is 35.0 Å². The summed E-state index contributed by atoms with van der Waals surface area (Å²) in [5.74, 6) is 2.65. The summed E-state index contributed by atoms with van der Waals surface area (Å²) >= 11 is 0. The van der Waals surface area contributed by atoms with Gasteiger partial charge in [-0.05, 0) is 99.4 Å². The predicted octanol–water partition coefficient (Wildman–Crippen LogP) is 5.58. The Kier molecular flexibility index (Phi) is 8.70. The average molecular weight is 572 g/mol. The maximum Gasteiger partial charge on any atom is 0.306 e. The molecule has 2 saturated heterocycles. The van der Waals surface area contributed by atoms with Gasteiger partial charge in [-0.1, -0.05) is 27.4 Å². The molecule has 6 nitrogen and oxygen atoms in total. The van der Waals surface area contributed by atoms with E-state index in [0.29, 0.717) is 36.1 Å². The van der Waals surface area contributed by atoms with Crippen LogP contribution in [0.4, 0.5) is 0 Å². The Bertz CT molecular complexity index is 944. The number of hydrogen-bond donors (Lipinski definition) is 1. The van der Waals surface area contributed by atoms with Crippen molar-refractivity contribution < 1.29 is 23.9 Å². The number of fused-ring (bicyclic) bond motifs is 5. The second kappa shape index (κ2) is 11.9. The van der Waals surface area contributed by atoms with E-state index < -0.39 is 0 Å². The molecule has 4 saturated carbocycles. The Morgan fingerprint density at radius 2 is 1.83 bits per heavy atom. The maximum atomic E-state index is 13.2. The smallest absolute Gasteiger partial charge is 0.306 e. The number of piperidine rings is 1. The zero-order valence-corrected chi connectivity index (χ0v) is 26.4. The normalized spacial score (nSPS) is 46.1. The Labute approximate surface area is 249 Å². The number of quaternary nitrogens is 1. The van der Waals surface area contributed by atoms with Crippen LogP contribution in [0.25, 0.3) is 0 Å². The highest BCUT2D eigenvalue weighted by Gasteiger charge is 2.67. The number of nitrogens with zero attached hydrogens (tertiary/aromatic N) is 2. The topological polar surface area (TPSA) is 59.0 Å². The van der Waals surface area contributed by atoms with Crippen LogP contribution in [0.1, 0.15) is 97.8 Å². The monoisotopic (exact) mass is 571 g/mol. The number of likely N-dealkylation sites (tertiary alicyclic amines) is 1. The fourth-order valence-corrected chi connectivity index (χ4v) is 11.7. The molecule has 2 aliphatic heterocycles. The minimum atomic E-state index is -0.211. The Balaban J connectivity index is 1.30. The summed E-state index contributed by atoms with van der Waals surface area (Å²) in [6, 6.07) is 0.656. The summed E-state index contributed by atoms with van der Waals surface area (Å²) < 4.78 is 13.4. The van der Waals surface area contributed by atoms with E-state index in [1.165, 1.54) is 64.5 Å². The molecule has 232 valence electrons. The summed E-state index contributed by atoms with van der Waals surface area (Å²) in [7, 11) is 0. The number of carbonyl (C=O) groups excluding carboxylic acids is 1. The molecule has 0 amide bonds. The number of ether oxygens (including phenoxy) is 2. The van der Waals surface area contributed by atoms with Crippen molar-refractivity contribution in [1.82, 2.24) is 4.90 Å². The molecule has 0 aromatic rings. The molecule has 0 spiro atoms. The number of esters is 1. The molecule has 41 heavy (non-hydrogen) atoms. The van der Waals surface area contributed by atoms with Crippen LogP contribution in [-0.2, 0) is 14.3 Å². The van der Waals surface area contributed by atoms with Crippen molar-refractivity contribution in [1.29, 1.82) is 0 Å². The zero-order valence-electron chi connectivity index (χ0n) is 26.4. The average Bonchev–Trinajstić information content (AvgIpc) is 3.27. The third kappa shape index (κ3) is 5.15. The first-order valence-electron chi connectivity index (χ1n) is 17.4. The van der Waals surface area contributed by atoms with E-state index in [4.69, 9.17) is 9.47 Å². The fraction of sp³-hybridized carbons (Fsp3) is 0.914. The zero-order chi connectivity index (χ0) is 28.8. The molecule has 6 fully saturated rings. The highest BCUT2D eigenvalue weighted by Crippen LogP contribution is 2.67. The highest BCUT2D eigenvalue weighted by molar-refractivity contribution is 5.69. The van der Waals surface area contributed by atoms with E-state index in [2.05, 4.69) is 38.3 Å². The standard InChI is InChI=1S/C35H59N2O4/c1-5-10-32(39)41-33-30(37(17-6-2)18-8-7-9-19-37)23-28-26-12-11-25-22-31(38)29(36-15-20-40-21-16-36)24-35(25,4)27(26)13-14-34(28,33)3/h6,25-31,33,38H,2,5,7-24H2,1,3-4H3/q+1/t25-,26?,27?,28?,29-,30-,31-,33-,34-,35-/m0/s1. The molecule has 0 radical (unpaired) electrons. The van der Waals surface area contributed by atoms with Gasteiger partial charge in [-0.3, -0.25) is 9.69 Å². The molecule has 3 unspecified atom stereocenters. The van der Waals surface area contributed by atoms with Crippen LogP contribution in [0.3, 0.4) is 0 Å². The molecule has 0 aromatic heterocycles. The van der Waals surface area contributed by atoms with E-state index in [9.17, 15) is 9.90 Å². The van der Waals surface area contributed by atoms with Crippen molar-refractivity contribution in [2.45, 2.75) is 122 Å². The van der Waals surface area contributed by atoms with Gasteiger partial charge in [0, 0.05) is 37.4 Å². The van der Waals surface area contributed by atoms with Crippen molar-refractivity contribution >= 4 is 5.97 Å². The third-order valence-corrected chi connectivity index (χ3v) is 13.7. The van der Waals surface area contributed by atoms with Crippen LogP contribution in [-0.4, -0.2) is 90.7 Å². The largest absolute Gasteiger partial charge is 0.455 e. The lowest BCUT2D eigenvalue weighted by molar-refractivity contribution is -0.952. The van der Waals surface area contributed by atoms with Gasteiger partial charge in [-0.2, -0.15) is 0 Å². The van der Waals surface area contributed by atoms with Gasteiger partial charge in [0.25, 0.3) is 0 Å². The minimum Gasteiger partial charge on any atom is -0.455 e. The molecule has 4 aliphatic carbocycles. The third-order valence-electron chi connectivity index (χ3n) is 13.7. The van der Waals surface area contributed by atoms with Gasteiger partial charge in [-0.25, -0.2) is 0 Å². The van der Waals surface area contributed by atoms with E-state index in [1.54, 1.807) is 0 Å². The molecule has 6 heteroatoms. The first kappa shape index (κ1) is 30.1. The van der Waals surface area contributed by atoms with E-state index in [0.717, 1.165) is 56.6 Å². The Morgan fingerprint density at radius 3 is 2.54 bits per heavy atom. The number of rotatable bonds is 7. The molecular weight excluding hydrogens is 512 g/mol. The lowest BCUT2D eigenvalue weighted by Gasteiger charge is -2.62. The van der Waals surface area contributed by atoms with Gasteiger partial charge in [0.15, 0.2) is 6.10 Å². The van der Waals surface area contributed by atoms with Crippen molar-refractivity contribution in [3.63, 3.8) is 0 Å². The maximum absolute atomic E-state index is 13.2. The van der Waals surface area contributed by atoms with Crippen LogP contribution >= 0.6 is 0 Å². The summed E-state index contributed by atoms with van der Waals surface area (Å²) in [6.07, 6.45) is 15.4. The van der Waals surface area contributed by atoms with Crippen LogP contribution in [0.2, 0.25) is 0 Å². The van der Waals surface area contributed by atoms with Crippen LogP contribution in [0.15, 0.2) is 12.7 Å². The molecule has 0 aromatic carbocycles. The van der Waals surface area contributed by atoms with Crippen molar-refractivity contribution in [3.8, 4) is 0 Å². The lowest BCUT2D eigenvalue weighted by atomic mass is 9.44. The number of aliphatic hydroxyl groups is 1. The van der Waals surface area contributed by atoms with Gasteiger partial charge < -0.3 is 19.1 Å². The van der Waals surface area contributed by atoms with Crippen LogP contribution in [0, 0.1) is 34.5 Å². The Hall–Kier alpha value is -0.950. The van der Waals surface area contributed by atoms with Gasteiger partial charge in [0.1, 0.15) is 6.04 Å². The van der Waals surface area contributed by atoms with Crippen LogP contribution < -0.4 is 0 Å². The fourth-order valence-electron chi connectivity index (χ4n) is 11.7. The number of hydrogen-bond acceptors (Lipinski definition) is 5. The Morgan fingerprint density at radius 1 is 1.07 bits per heavy atom. The van der Waals surface area contributed by atoms with E-state index in [1.807, 2.05) is 0 Å². The van der Waals surface area contributed by atoms with Crippen LogP contribution in [0.5, 0.6) is 0 Å². The second-order valence-electron chi connectivity index (χ2n) is 15.6. The van der Waals surface area contributed by atoms with Gasteiger partial charge >= 0.3 is 5.97 Å². The molecule has 6 aliphatic rings. The minimum absolute atomic E-state index is 0.0188. The van der Waals surface area contributed by atoms with Gasteiger partial charge in [-0.15, -0.1) is 0 Å². The molecule has 2 heterocycles. The number of aliphatic hydroxyl groups excluding tert-OH is 1. The molecule has 10 atom stereocenters. The van der Waals surface area contributed by atoms with Crippen molar-refractivity contribution in [3.05, 3.63) is 12.7 Å². The van der Waals surface area contributed by atoms with Crippen molar-refractivity contribution in [2.75, 3.05) is 45.9 Å². The summed E-state index contributed by atoms with van der Waals surface area (Å²) in [6.45, 7) is 18.3. The second-order valence-corrected chi connectivity index (χ2v) is 15.6. The SMILES string of the molecule is C=CC[N+]1([C@H]2CC3C4CC[C@H]5C[C@H](O)[C@@H](N6CCOCC6)C[C@]5(C)C4CC[C@]3(C)[C@H]2OC(=O)CCC)CCCCC1. The summed E-state index contributed by atoms with van der Waals surface area (Å²) in [5, 5.41) is 11.3. The number of carbonyl (C=O) groups is 1. The molecule has 1 N–H and O–H groups in total. The first-order valence-corrected chi connectivity index (χ1v) is 17.4. The summed E-state index contributed by atoms with van der Waals surface area (Å²) in [4.78, 5) is 15.7. The first-order chi connectivity index (χ1) is 19.8. The van der Waals surface area contributed by atoms with Crippen molar-refractivity contribution in [2.24, 2.45) is 34.5 Å².